The van der Waals surface area contributed by atoms with E-state index in [1.165, 1.54) is 5.57 Å². The van der Waals surface area contributed by atoms with Crippen molar-refractivity contribution in [2.75, 3.05) is 5.75 Å². The number of aldehydes is 1. The summed E-state index contributed by atoms with van der Waals surface area (Å²) in [6, 6.07) is 0. The molecule has 4 aliphatic rings. The highest BCUT2D eigenvalue weighted by atomic mass is 32.2. The van der Waals surface area contributed by atoms with Crippen LogP contribution in [0.3, 0.4) is 0 Å². The highest BCUT2D eigenvalue weighted by molar-refractivity contribution is 7.92. The van der Waals surface area contributed by atoms with Gasteiger partial charge in [-0.2, -0.15) is 0 Å². The molecule has 0 N–H and O–H groups in total. The molecule has 240 valence electrons. The largest absolute Gasteiger partial charge is 0.414 e. The molecule has 2 saturated carbocycles. The minimum absolute atomic E-state index is 0.0318. The molecule has 0 aromatic rings. The average molecular weight is 637 g/mol. The predicted octanol–water partition coefficient (Wildman–Crippen LogP) is 8.63. The Hall–Kier alpha value is -0.546. The van der Waals surface area contributed by atoms with Crippen LogP contribution < -0.4 is 0 Å². The summed E-state index contributed by atoms with van der Waals surface area (Å²) in [6.45, 7) is 27.1. The Bertz CT molecular complexity index is 1220. The van der Waals surface area contributed by atoms with Crippen molar-refractivity contribution in [2.45, 2.75) is 154 Å². The number of carbonyl (C=O) groups excluding carboxylic acids is 1. The molecule has 7 atom stereocenters. The maximum atomic E-state index is 14.0. The number of fused-ring (bicyclic) bond motifs is 1. The molecular weight excluding hydrogens is 577 g/mol. The molecule has 1 aliphatic heterocycles. The van der Waals surface area contributed by atoms with Crippen LogP contribution in [0.15, 0.2) is 22.8 Å². The Morgan fingerprint density at radius 3 is 2.12 bits per heavy atom. The summed E-state index contributed by atoms with van der Waals surface area (Å²) in [4.78, 5) is 11.8. The Kier molecular flexibility index (Phi) is 9.28. The van der Waals surface area contributed by atoms with Gasteiger partial charge in [0.05, 0.1) is 18.0 Å². The van der Waals surface area contributed by atoms with E-state index in [-0.39, 0.29) is 39.4 Å². The first-order valence-electron chi connectivity index (χ1n) is 16.5. The fourth-order valence-corrected chi connectivity index (χ4v) is 12.7. The maximum Gasteiger partial charge on any atom is 0.192 e. The summed E-state index contributed by atoms with van der Waals surface area (Å²) in [5.74, 6) is 0.887. The number of sulfone groups is 1. The van der Waals surface area contributed by atoms with Crippen molar-refractivity contribution in [1.82, 2.24) is 0 Å². The van der Waals surface area contributed by atoms with Crippen LogP contribution in [0.5, 0.6) is 0 Å². The molecule has 0 amide bonds. The van der Waals surface area contributed by atoms with E-state index in [2.05, 4.69) is 87.7 Å². The minimum atomic E-state index is -3.39. The van der Waals surface area contributed by atoms with Crippen LogP contribution in [0.25, 0.3) is 0 Å². The first-order chi connectivity index (χ1) is 19.0. The number of rotatable bonds is 7. The van der Waals surface area contributed by atoms with Crippen molar-refractivity contribution in [2.24, 2.45) is 23.2 Å². The van der Waals surface area contributed by atoms with Crippen LogP contribution >= 0.6 is 0 Å². The lowest BCUT2D eigenvalue weighted by Gasteiger charge is -2.45. The standard InChI is InChI=1S/C34H60O5SSi2/c1-23(21-35)28-15-16-29-24(14-13-17-34(28,29)8)18-31-26-19-25(38-41(9,10)32(2,3)4)20-30(27(26)22-40(31,36)37)39-42(11,12)33(5,6)7/h18,21,23,25,28-31H,13-17,19-20,22H2,1-12H3/b24-18+/t23-,25-,28-,29-,30+,31-,34+/m1/s1. The van der Waals surface area contributed by atoms with Crippen LogP contribution in [0.4, 0.5) is 0 Å². The average Bonchev–Trinajstić information content (AvgIpc) is 3.31. The van der Waals surface area contributed by atoms with Crippen LogP contribution in [0.1, 0.15) is 100 Å². The number of allylic oxidation sites excluding steroid dienone is 1. The summed E-state index contributed by atoms with van der Waals surface area (Å²) in [6.07, 6.45) is 9.73. The quantitative estimate of drug-likeness (QED) is 0.159. The third kappa shape index (κ3) is 6.27. The second-order valence-electron chi connectivity index (χ2n) is 17.4. The molecule has 0 saturated heterocycles. The molecule has 5 nitrogen and oxygen atoms in total. The van der Waals surface area contributed by atoms with E-state index in [0.29, 0.717) is 18.3 Å². The van der Waals surface area contributed by atoms with Crippen molar-refractivity contribution in [3.05, 3.63) is 22.8 Å². The normalized spacial score (nSPS) is 35.7. The van der Waals surface area contributed by atoms with Crippen LogP contribution in [0.2, 0.25) is 36.3 Å². The lowest BCUT2D eigenvalue weighted by atomic mass is 9.61. The minimum Gasteiger partial charge on any atom is -0.414 e. The van der Waals surface area contributed by atoms with Gasteiger partial charge in [0, 0.05) is 12.3 Å². The lowest BCUT2D eigenvalue weighted by Crippen LogP contribution is -2.49. The third-order valence-corrected chi connectivity index (χ3v) is 23.5. The van der Waals surface area contributed by atoms with E-state index in [0.717, 1.165) is 56.0 Å². The van der Waals surface area contributed by atoms with E-state index in [1.807, 2.05) is 0 Å². The van der Waals surface area contributed by atoms with Gasteiger partial charge < -0.3 is 13.6 Å². The molecule has 0 radical (unpaired) electrons. The van der Waals surface area contributed by atoms with Gasteiger partial charge >= 0.3 is 0 Å². The highest BCUT2D eigenvalue weighted by Gasteiger charge is 2.53. The first-order valence-corrected chi connectivity index (χ1v) is 24.0. The molecule has 0 bridgehead atoms. The smallest absolute Gasteiger partial charge is 0.192 e. The maximum absolute atomic E-state index is 14.0. The molecular formula is C34H60O5SSi2. The topological polar surface area (TPSA) is 69.7 Å². The van der Waals surface area contributed by atoms with Gasteiger partial charge in [0.25, 0.3) is 0 Å². The summed E-state index contributed by atoms with van der Waals surface area (Å²) in [5.41, 5.74) is 3.47. The molecule has 4 rings (SSSR count). The first kappa shape index (κ1) is 34.3. The molecule has 0 aromatic heterocycles. The molecule has 3 aliphatic carbocycles. The molecule has 8 heteroatoms. The van der Waals surface area contributed by atoms with Crippen molar-refractivity contribution in [3.8, 4) is 0 Å². The van der Waals surface area contributed by atoms with Gasteiger partial charge in [-0.25, -0.2) is 8.42 Å². The Morgan fingerprint density at radius 1 is 0.952 bits per heavy atom. The van der Waals surface area contributed by atoms with E-state index in [9.17, 15) is 13.2 Å². The summed E-state index contributed by atoms with van der Waals surface area (Å²) >= 11 is 0. The molecule has 2 fully saturated rings. The van der Waals surface area contributed by atoms with Gasteiger partial charge in [-0.15, -0.1) is 0 Å². The predicted molar refractivity (Wildman–Crippen MR) is 179 cm³/mol. The zero-order valence-corrected chi connectivity index (χ0v) is 31.5. The van der Waals surface area contributed by atoms with Gasteiger partial charge in [-0.1, -0.05) is 67.0 Å². The van der Waals surface area contributed by atoms with E-state index >= 15 is 0 Å². The second kappa shape index (κ2) is 11.4. The van der Waals surface area contributed by atoms with Crippen LogP contribution in [0, 0.1) is 23.2 Å². The Labute approximate surface area is 259 Å². The number of carbonyl (C=O) groups is 1. The van der Waals surface area contributed by atoms with Gasteiger partial charge in [0.15, 0.2) is 26.5 Å². The van der Waals surface area contributed by atoms with E-state index in [1.54, 1.807) is 0 Å². The van der Waals surface area contributed by atoms with Crippen LogP contribution in [-0.2, 0) is 23.5 Å². The summed E-state index contributed by atoms with van der Waals surface area (Å²) in [7, 11) is -7.61. The van der Waals surface area contributed by atoms with Crippen molar-refractivity contribution >= 4 is 32.8 Å². The summed E-state index contributed by atoms with van der Waals surface area (Å²) < 4.78 is 42.2. The van der Waals surface area contributed by atoms with Crippen LogP contribution in [-0.4, -0.2) is 54.5 Å². The van der Waals surface area contributed by atoms with Gasteiger partial charge in [0.2, 0.25) is 0 Å². The SMILES string of the molecule is C[C@H](C=O)[C@H]1CC[C@@H]2/C(=C/[C@@H]3C4=C(CS3(=O)=O)[C@@H](O[Si](C)(C)C(C)(C)C)C[C@H](O[Si](C)(C)C(C)(C)C)C4)CCC[C@]21C. The van der Waals surface area contributed by atoms with Crippen molar-refractivity contribution < 1.29 is 22.1 Å². The Morgan fingerprint density at radius 2 is 1.55 bits per heavy atom. The van der Waals surface area contributed by atoms with Crippen molar-refractivity contribution in [1.29, 1.82) is 0 Å². The summed E-state index contributed by atoms with van der Waals surface area (Å²) in [5, 5.41) is -0.474. The zero-order valence-electron chi connectivity index (χ0n) is 28.7. The fourth-order valence-electron chi connectivity index (χ4n) is 8.03. The highest BCUT2D eigenvalue weighted by Crippen LogP contribution is 2.59. The molecule has 1 heterocycles. The van der Waals surface area contributed by atoms with Gasteiger partial charge in [-0.3, -0.25) is 0 Å². The second-order valence-corrected chi connectivity index (χ2v) is 29.1. The van der Waals surface area contributed by atoms with Gasteiger partial charge in [0.1, 0.15) is 11.5 Å². The molecule has 0 spiro atoms. The molecule has 0 aromatic carbocycles. The van der Waals surface area contributed by atoms with E-state index in [4.69, 9.17) is 8.85 Å². The molecule has 42 heavy (non-hydrogen) atoms. The monoisotopic (exact) mass is 636 g/mol. The molecule has 0 unspecified atom stereocenters. The fraction of sp³-hybridized carbons (Fsp3) is 0.853. The van der Waals surface area contributed by atoms with E-state index < -0.39 is 31.7 Å². The number of hydrogen-bond acceptors (Lipinski definition) is 5. The van der Waals surface area contributed by atoms with Crippen molar-refractivity contribution in [3.63, 3.8) is 0 Å². The lowest BCUT2D eigenvalue weighted by molar-refractivity contribution is -0.113. The zero-order chi connectivity index (χ0) is 31.7. The third-order valence-electron chi connectivity index (χ3n) is 12.6. The Balaban J connectivity index is 1.75. The number of hydrogen-bond donors (Lipinski definition) is 0. The van der Waals surface area contributed by atoms with Gasteiger partial charge in [-0.05, 0) is 103 Å².